The van der Waals surface area contributed by atoms with Gasteiger partial charge in [-0.05, 0) is 43.7 Å². The van der Waals surface area contributed by atoms with E-state index in [0.717, 1.165) is 30.9 Å². The molecule has 0 unspecified atom stereocenters. The number of hydrogen-bond donors (Lipinski definition) is 3. The van der Waals surface area contributed by atoms with E-state index in [1.165, 1.54) is 0 Å². The van der Waals surface area contributed by atoms with E-state index < -0.39 is 10.0 Å². The van der Waals surface area contributed by atoms with Gasteiger partial charge in [0.25, 0.3) is 0 Å². The Morgan fingerprint density at radius 2 is 2.10 bits per heavy atom. The quantitative estimate of drug-likeness (QED) is 0.699. The Morgan fingerprint density at radius 3 is 2.76 bits per heavy atom. The highest BCUT2D eigenvalue weighted by Crippen LogP contribution is 2.23. The SMILES string of the molecule is CCNCc1n[nH]c(C)c1S(=O)(=O)NCC1CCSCC1. The summed E-state index contributed by atoms with van der Waals surface area (Å²) in [6.45, 7) is 5.48. The fraction of sp³-hybridized carbons (Fsp3) is 0.769. The fourth-order valence-corrected chi connectivity index (χ4v) is 5.12. The monoisotopic (exact) mass is 332 g/mol. The number of aryl methyl sites for hydroxylation is 1. The molecule has 8 heteroatoms. The number of H-pyrrole nitrogens is 1. The van der Waals surface area contributed by atoms with E-state index in [0.29, 0.717) is 35.3 Å². The molecule has 2 rings (SSSR count). The number of hydrogen-bond acceptors (Lipinski definition) is 5. The molecule has 0 atom stereocenters. The third-order valence-electron chi connectivity index (χ3n) is 3.68. The molecule has 1 aliphatic heterocycles. The average molecular weight is 332 g/mol. The number of sulfonamides is 1. The summed E-state index contributed by atoms with van der Waals surface area (Å²) in [5.41, 5.74) is 1.15. The van der Waals surface area contributed by atoms with Crippen molar-refractivity contribution >= 4 is 21.8 Å². The van der Waals surface area contributed by atoms with E-state index in [-0.39, 0.29) is 0 Å². The third kappa shape index (κ3) is 4.45. The number of thioether (sulfide) groups is 1. The molecular formula is C13H24N4O2S2. The first kappa shape index (κ1) is 16.8. The summed E-state index contributed by atoms with van der Waals surface area (Å²) in [5, 5.41) is 10.0. The van der Waals surface area contributed by atoms with Crippen LogP contribution >= 0.6 is 11.8 Å². The molecule has 0 amide bonds. The van der Waals surface area contributed by atoms with Crippen LogP contribution in [0.3, 0.4) is 0 Å². The highest BCUT2D eigenvalue weighted by molar-refractivity contribution is 7.99. The van der Waals surface area contributed by atoms with Crippen LogP contribution in [0.25, 0.3) is 0 Å². The molecule has 120 valence electrons. The van der Waals surface area contributed by atoms with Gasteiger partial charge in [-0.15, -0.1) is 0 Å². The molecule has 1 fully saturated rings. The normalized spacial score (nSPS) is 17.2. The number of nitrogens with zero attached hydrogens (tertiary/aromatic N) is 1. The molecule has 0 saturated carbocycles. The second kappa shape index (κ2) is 7.62. The predicted octanol–water partition coefficient (Wildman–Crippen LogP) is 1.25. The molecule has 0 aliphatic carbocycles. The second-order valence-electron chi connectivity index (χ2n) is 5.31. The molecule has 0 radical (unpaired) electrons. The van der Waals surface area contributed by atoms with Crippen molar-refractivity contribution in [1.29, 1.82) is 0 Å². The first-order valence-electron chi connectivity index (χ1n) is 7.36. The van der Waals surface area contributed by atoms with Gasteiger partial charge in [0.2, 0.25) is 10.0 Å². The van der Waals surface area contributed by atoms with Crippen molar-refractivity contribution in [3.63, 3.8) is 0 Å². The lowest BCUT2D eigenvalue weighted by atomic mass is 10.0. The van der Waals surface area contributed by atoms with Crippen LogP contribution in [-0.2, 0) is 16.6 Å². The van der Waals surface area contributed by atoms with Gasteiger partial charge in [0.05, 0.1) is 11.4 Å². The summed E-state index contributed by atoms with van der Waals surface area (Å²) >= 11 is 1.94. The third-order valence-corrected chi connectivity index (χ3v) is 6.35. The Bertz CT molecular complexity index is 551. The van der Waals surface area contributed by atoms with Gasteiger partial charge in [-0.3, -0.25) is 5.10 Å². The van der Waals surface area contributed by atoms with Crippen molar-refractivity contribution < 1.29 is 8.42 Å². The Kier molecular flexibility index (Phi) is 6.09. The highest BCUT2D eigenvalue weighted by Gasteiger charge is 2.25. The summed E-state index contributed by atoms with van der Waals surface area (Å²) in [6, 6.07) is 0. The highest BCUT2D eigenvalue weighted by atomic mass is 32.2. The summed E-state index contributed by atoms with van der Waals surface area (Å²) in [7, 11) is -3.50. The molecule has 0 bridgehead atoms. The number of rotatable bonds is 7. The van der Waals surface area contributed by atoms with Crippen molar-refractivity contribution in [2.75, 3.05) is 24.6 Å². The minimum absolute atomic E-state index is 0.300. The number of aromatic amines is 1. The lowest BCUT2D eigenvalue weighted by Crippen LogP contribution is -2.32. The maximum atomic E-state index is 12.5. The standard InChI is InChI=1S/C13H24N4O2S2/c1-3-14-9-12-13(10(2)16-17-12)21(18,19)15-8-11-4-6-20-7-5-11/h11,14-15H,3-9H2,1-2H3,(H,16,17). The lowest BCUT2D eigenvalue weighted by Gasteiger charge is -2.21. The maximum absolute atomic E-state index is 12.5. The van der Waals surface area contributed by atoms with E-state index in [1.54, 1.807) is 6.92 Å². The van der Waals surface area contributed by atoms with Gasteiger partial charge < -0.3 is 5.32 Å². The molecular weight excluding hydrogens is 308 g/mol. The van der Waals surface area contributed by atoms with Gasteiger partial charge in [0.1, 0.15) is 4.90 Å². The summed E-state index contributed by atoms with van der Waals surface area (Å²) < 4.78 is 27.8. The van der Waals surface area contributed by atoms with Crippen LogP contribution in [0, 0.1) is 12.8 Å². The van der Waals surface area contributed by atoms with Gasteiger partial charge in [-0.25, -0.2) is 13.1 Å². The minimum Gasteiger partial charge on any atom is -0.311 e. The Balaban J connectivity index is 2.05. The van der Waals surface area contributed by atoms with E-state index in [2.05, 4.69) is 20.2 Å². The first-order valence-corrected chi connectivity index (χ1v) is 10.0. The number of nitrogens with one attached hydrogen (secondary N) is 3. The molecule has 0 aromatic carbocycles. The molecule has 2 heterocycles. The van der Waals surface area contributed by atoms with Crippen molar-refractivity contribution in [2.24, 2.45) is 5.92 Å². The lowest BCUT2D eigenvalue weighted by molar-refractivity contribution is 0.476. The topological polar surface area (TPSA) is 86.9 Å². The van der Waals surface area contributed by atoms with Gasteiger partial charge in [-0.1, -0.05) is 6.92 Å². The Hall–Kier alpha value is -0.570. The molecule has 0 spiro atoms. The van der Waals surface area contributed by atoms with E-state index in [4.69, 9.17) is 0 Å². The van der Waals surface area contributed by atoms with E-state index in [1.807, 2.05) is 18.7 Å². The van der Waals surface area contributed by atoms with Crippen LogP contribution in [-0.4, -0.2) is 43.2 Å². The minimum atomic E-state index is -3.50. The molecule has 1 aromatic heterocycles. The van der Waals surface area contributed by atoms with Crippen molar-refractivity contribution in [3.05, 3.63) is 11.4 Å². The zero-order valence-corrected chi connectivity index (χ0v) is 14.2. The fourth-order valence-electron chi connectivity index (χ4n) is 2.44. The van der Waals surface area contributed by atoms with E-state index >= 15 is 0 Å². The van der Waals surface area contributed by atoms with Crippen LogP contribution in [0.1, 0.15) is 31.2 Å². The van der Waals surface area contributed by atoms with Gasteiger partial charge in [-0.2, -0.15) is 16.9 Å². The van der Waals surface area contributed by atoms with Crippen LogP contribution < -0.4 is 10.0 Å². The van der Waals surface area contributed by atoms with Crippen molar-refractivity contribution in [1.82, 2.24) is 20.2 Å². The summed E-state index contributed by atoms with van der Waals surface area (Å²) in [5.74, 6) is 2.71. The molecule has 1 aliphatic rings. The van der Waals surface area contributed by atoms with Gasteiger partial charge >= 0.3 is 0 Å². The molecule has 1 aromatic rings. The van der Waals surface area contributed by atoms with Crippen LogP contribution in [0.15, 0.2) is 4.90 Å². The molecule has 1 saturated heterocycles. The van der Waals surface area contributed by atoms with Crippen LogP contribution in [0.5, 0.6) is 0 Å². The van der Waals surface area contributed by atoms with Crippen LogP contribution in [0.2, 0.25) is 0 Å². The first-order chi connectivity index (χ1) is 10.0. The zero-order valence-electron chi connectivity index (χ0n) is 12.6. The van der Waals surface area contributed by atoms with Gasteiger partial charge in [0, 0.05) is 13.1 Å². The second-order valence-corrected chi connectivity index (χ2v) is 8.24. The molecule has 21 heavy (non-hydrogen) atoms. The summed E-state index contributed by atoms with van der Waals surface area (Å²) in [6.07, 6.45) is 2.17. The maximum Gasteiger partial charge on any atom is 0.244 e. The Morgan fingerprint density at radius 1 is 1.38 bits per heavy atom. The zero-order chi connectivity index (χ0) is 15.3. The number of aromatic nitrogens is 2. The molecule has 6 nitrogen and oxygen atoms in total. The average Bonchev–Trinajstić information content (AvgIpc) is 2.86. The van der Waals surface area contributed by atoms with Gasteiger partial charge in [0.15, 0.2) is 0 Å². The smallest absolute Gasteiger partial charge is 0.244 e. The molecule has 3 N–H and O–H groups in total. The van der Waals surface area contributed by atoms with Crippen molar-refractivity contribution in [3.8, 4) is 0 Å². The summed E-state index contributed by atoms with van der Waals surface area (Å²) in [4.78, 5) is 0.300. The predicted molar refractivity (Wildman–Crippen MR) is 85.9 cm³/mol. The largest absolute Gasteiger partial charge is 0.311 e. The Labute approximate surface area is 130 Å². The van der Waals surface area contributed by atoms with Crippen LogP contribution in [0.4, 0.5) is 0 Å². The van der Waals surface area contributed by atoms with E-state index in [9.17, 15) is 8.42 Å². The van der Waals surface area contributed by atoms with Crippen molar-refractivity contribution in [2.45, 2.75) is 38.1 Å².